The van der Waals surface area contributed by atoms with Gasteiger partial charge in [0, 0.05) is 46.5 Å². The minimum Gasteiger partial charge on any atom is -0.380 e. The van der Waals surface area contributed by atoms with E-state index in [0.717, 1.165) is 0 Å². The van der Waals surface area contributed by atoms with Crippen molar-refractivity contribution in [1.82, 2.24) is 19.8 Å². The highest BCUT2D eigenvalue weighted by Crippen LogP contribution is 2.36. The zero-order chi connectivity index (χ0) is 31.1. The lowest BCUT2D eigenvalue weighted by molar-refractivity contribution is 0.0999. The van der Waals surface area contributed by atoms with Gasteiger partial charge in [-0.1, -0.05) is 17.3 Å². The standard InChI is InChI=1S/C32H27F2N7O3/c1-39(2)12-13-40(19-5-3-4-18(14-19)32(36)43)20-6-8-22(26(33)16-20)23-9-10-24-27(17-42)37-41(30(24)29(23)34)21-7-11-28-25(15-21)31(35)38-44-28/h3-11,14-17H,12-13H2,1-2H3,(H2,35,38)(H2,36,43). The normalized spacial score (nSPS) is 11.5. The number of aromatic nitrogens is 3. The minimum atomic E-state index is -0.758. The van der Waals surface area contributed by atoms with Crippen LogP contribution in [0.5, 0.6) is 0 Å². The van der Waals surface area contributed by atoms with Crippen molar-refractivity contribution in [2.45, 2.75) is 0 Å². The van der Waals surface area contributed by atoms with E-state index in [-0.39, 0.29) is 33.5 Å². The summed E-state index contributed by atoms with van der Waals surface area (Å²) in [6, 6.07) is 19.1. The van der Waals surface area contributed by atoms with Crippen LogP contribution >= 0.6 is 0 Å². The second-order valence-corrected chi connectivity index (χ2v) is 10.5. The van der Waals surface area contributed by atoms with Gasteiger partial charge in [-0.25, -0.2) is 13.5 Å². The summed E-state index contributed by atoms with van der Waals surface area (Å²) in [5.74, 6) is -1.85. The Morgan fingerprint density at radius 1 is 0.955 bits per heavy atom. The van der Waals surface area contributed by atoms with E-state index in [9.17, 15) is 9.59 Å². The average Bonchev–Trinajstić information content (AvgIpc) is 3.58. The predicted octanol–water partition coefficient (Wildman–Crippen LogP) is 5.31. The van der Waals surface area contributed by atoms with Gasteiger partial charge in [0.2, 0.25) is 5.91 Å². The average molecular weight is 596 g/mol. The second kappa shape index (κ2) is 11.2. The lowest BCUT2D eigenvalue weighted by atomic mass is 10.0. The number of carbonyl (C=O) groups is 2. The van der Waals surface area contributed by atoms with Gasteiger partial charge in [-0.2, -0.15) is 5.10 Å². The zero-order valence-electron chi connectivity index (χ0n) is 23.8. The molecule has 0 radical (unpaired) electrons. The highest BCUT2D eigenvalue weighted by molar-refractivity contribution is 5.99. The molecule has 0 aliphatic carbocycles. The molecule has 12 heteroatoms. The molecule has 0 bridgehead atoms. The molecule has 222 valence electrons. The van der Waals surface area contributed by atoms with E-state index in [0.29, 0.717) is 53.0 Å². The summed E-state index contributed by atoms with van der Waals surface area (Å²) in [4.78, 5) is 27.5. The number of likely N-dealkylation sites (N-methyl/N-ethyl adjacent to an activating group) is 1. The predicted molar refractivity (Wildman–Crippen MR) is 164 cm³/mol. The number of aldehydes is 1. The van der Waals surface area contributed by atoms with Crippen molar-refractivity contribution in [3.63, 3.8) is 0 Å². The summed E-state index contributed by atoms with van der Waals surface area (Å²) in [6.07, 6.45) is 0.537. The molecule has 0 fully saturated rings. The molecule has 6 rings (SSSR count). The number of rotatable bonds is 9. The van der Waals surface area contributed by atoms with E-state index in [1.54, 1.807) is 54.6 Å². The molecule has 0 aliphatic rings. The molecule has 0 saturated carbocycles. The number of fused-ring (bicyclic) bond motifs is 2. The number of nitrogens with two attached hydrogens (primary N) is 2. The van der Waals surface area contributed by atoms with Crippen molar-refractivity contribution >= 4 is 51.3 Å². The number of primary amides is 1. The van der Waals surface area contributed by atoms with Gasteiger partial charge in [-0.3, -0.25) is 9.59 Å². The Labute approximate surface area is 250 Å². The number of carbonyl (C=O) groups excluding carboxylic acids is 2. The first-order valence-corrected chi connectivity index (χ1v) is 13.6. The van der Waals surface area contributed by atoms with Crippen LogP contribution in [0.15, 0.2) is 77.3 Å². The Morgan fingerprint density at radius 2 is 1.73 bits per heavy atom. The minimum absolute atomic E-state index is 0.00155. The number of nitrogens with zero attached hydrogens (tertiary/aromatic N) is 5. The molecule has 4 N–H and O–H groups in total. The summed E-state index contributed by atoms with van der Waals surface area (Å²) in [5.41, 5.74) is 13.7. The van der Waals surface area contributed by atoms with Crippen LogP contribution in [0.2, 0.25) is 0 Å². The third kappa shape index (κ3) is 5.01. The third-order valence-electron chi connectivity index (χ3n) is 7.42. The van der Waals surface area contributed by atoms with Gasteiger partial charge in [0.1, 0.15) is 17.0 Å². The van der Waals surface area contributed by atoms with Crippen molar-refractivity contribution < 1.29 is 22.9 Å². The molecule has 1 amide bonds. The summed E-state index contributed by atoms with van der Waals surface area (Å²) < 4.78 is 38.7. The van der Waals surface area contributed by atoms with Gasteiger partial charge < -0.3 is 25.8 Å². The summed E-state index contributed by atoms with van der Waals surface area (Å²) >= 11 is 0. The van der Waals surface area contributed by atoms with Crippen LogP contribution in [-0.2, 0) is 0 Å². The van der Waals surface area contributed by atoms with Crippen molar-refractivity contribution in [3.05, 3.63) is 95.7 Å². The third-order valence-corrected chi connectivity index (χ3v) is 7.42. The summed E-state index contributed by atoms with van der Waals surface area (Å²) in [7, 11) is 3.83. The van der Waals surface area contributed by atoms with E-state index >= 15 is 8.78 Å². The molecule has 10 nitrogen and oxygen atoms in total. The maximum atomic E-state index is 16.4. The Morgan fingerprint density at radius 3 is 2.45 bits per heavy atom. The van der Waals surface area contributed by atoms with Crippen molar-refractivity contribution in [2.75, 3.05) is 37.8 Å². The summed E-state index contributed by atoms with van der Waals surface area (Å²) in [5, 5.41) is 8.82. The molecule has 2 heterocycles. The van der Waals surface area contributed by atoms with Crippen LogP contribution in [-0.4, -0.2) is 59.2 Å². The number of halogens is 2. The fraction of sp³-hybridized carbons (Fsp3) is 0.125. The van der Waals surface area contributed by atoms with Crippen LogP contribution in [0.1, 0.15) is 20.8 Å². The Hall–Kier alpha value is -5.62. The maximum Gasteiger partial charge on any atom is 0.248 e. The molecule has 0 unspecified atom stereocenters. The largest absolute Gasteiger partial charge is 0.380 e. The smallest absolute Gasteiger partial charge is 0.248 e. The van der Waals surface area contributed by atoms with Crippen molar-refractivity contribution in [1.29, 1.82) is 0 Å². The van der Waals surface area contributed by atoms with E-state index in [4.69, 9.17) is 16.0 Å². The Balaban J connectivity index is 1.45. The highest BCUT2D eigenvalue weighted by atomic mass is 19.1. The number of hydrogen-bond acceptors (Lipinski definition) is 8. The van der Waals surface area contributed by atoms with E-state index in [1.807, 2.05) is 23.9 Å². The van der Waals surface area contributed by atoms with E-state index in [1.165, 1.54) is 22.9 Å². The van der Waals surface area contributed by atoms with Crippen molar-refractivity contribution in [3.8, 4) is 16.8 Å². The zero-order valence-corrected chi connectivity index (χ0v) is 23.8. The fourth-order valence-electron chi connectivity index (χ4n) is 5.17. The Kier molecular flexibility index (Phi) is 7.27. The highest BCUT2D eigenvalue weighted by Gasteiger charge is 2.22. The number of anilines is 3. The van der Waals surface area contributed by atoms with Crippen LogP contribution < -0.4 is 16.4 Å². The van der Waals surface area contributed by atoms with E-state index < -0.39 is 17.5 Å². The molecular weight excluding hydrogens is 568 g/mol. The topological polar surface area (TPSA) is 137 Å². The lowest BCUT2D eigenvalue weighted by Gasteiger charge is -2.27. The quantitative estimate of drug-likeness (QED) is 0.215. The van der Waals surface area contributed by atoms with Crippen LogP contribution in [0, 0.1) is 11.6 Å². The first-order chi connectivity index (χ1) is 21.2. The van der Waals surface area contributed by atoms with Crippen molar-refractivity contribution in [2.24, 2.45) is 5.73 Å². The van der Waals surface area contributed by atoms with Gasteiger partial charge in [-0.05, 0) is 74.8 Å². The second-order valence-electron chi connectivity index (χ2n) is 10.5. The van der Waals surface area contributed by atoms with E-state index in [2.05, 4.69) is 10.3 Å². The van der Waals surface area contributed by atoms with Gasteiger partial charge in [0.25, 0.3) is 0 Å². The molecule has 0 aliphatic heterocycles. The van der Waals surface area contributed by atoms with Gasteiger partial charge in [0.05, 0.1) is 11.1 Å². The Bertz CT molecular complexity index is 2070. The maximum absolute atomic E-state index is 16.4. The first kappa shape index (κ1) is 28.5. The van der Waals surface area contributed by atoms with Crippen LogP contribution in [0.4, 0.5) is 26.0 Å². The van der Waals surface area contributed by atoms with Crippen LogP contribution in [0.3, 0.4) is 0 Å². The first-order valence-electron chi connectivity index (χ1n) is 13.6. The van der Waals surface area contributed by atoms with Gasteiger partial charge in [0.15, 0.2) is 23.5 Å². The van der Waals surface area contributed by atoms with Gasteiger partial charge >= 0.3 is 0 Å². The molecule has 0 spiro atoms. The SMILES string of the molecule is CN(C)CCN(c1cccc(C(N)=O)c1)c1ccc(-c2ccc3c(C=O)nn(-c4ccc5onc(N)c5c4)c3c2F)c(F)c1. The molecule has 4 aromatic carbocycles. The number of benzene rings is 4. The molecule has 0 atom stereocenters. The van der Waals surface area contributed by atoms with Crippen LogP contribution in [0.25, 0.3) is 38.7 Å². The molecule has 0 saturated heterocycles. The number of hydrogen-bond donors (Lipinski definition) is 2. The molecular formula is C32H27F2N7O3. The number of amides is 1. The van der Waals surface area contributed by atoms with Gasteiger partial charge in [-0.15, -0.1) is 0 Å². The number of nitrogen functional groups attached to an aromatic ring is 1. The summed E-state index contributed by atoms with van der Waals surface area (Å²) in [6.45, 7) is 1.11. The molecule has 44 heavy (non-hydrogen) atoms. The monoisotopic (exact) mass is 595 g/mol. The fourth-order valence-corrected chi connectivity index (χ4v) is 5.17. The molecule has 2 aromatic heterocycles. The lowest BCUT2D eigenvalue weighted by Crippen LogP contribution is -2.28. The molecule has 6 aromatic rings.